The molecule has 1 heterocycles. The molecular weight excluding hydrogens is 254 g/mol. The highest BCUT2D eigenvalue weighted by atomic mass is 79.9. The zero-order valence-corrected chi connectivity index (χ0v) is 10.0. The summed E-state index contributed by atoms with van der Waals surface area (Å²) >= 11 is 3.43. The standard InChI is InChI=1S/C11H12BrN3/c1-8-2-4-9(5-3-8)15-11(6-13)10(12)7-14-15/h2-5,7H,6,13H2,1H3. The molecule has 2 N–H and O–H groups in total. The van der Waals surface area contributed by atoms with E-state index in [0.29, 0.717) is 6.54 Å². The molecule has 0 saturated carbocycles. The molecule has 15 heavy (non-hydrogen) atoms. The predicted molar refractivity (Wildman–Crippen MR) is 63.9 cm³/mol. The van der Waals surface area contributed by atoms with Gasteiger partial charge >= 0.3 is 0 Å². The van der Waals surface area contributed by atoms with Crippen molar-refractivity contribution in [3.63, 3.8) is 0 Å². The Balaban J connectivity index is 2.49. The van der Waals surface area contributed by atoms with Crippen molar-refractivity contribution in [3.8, 4) is 5.69 Å². The Labute approximate surface area is 97.0 Å². The Kier molecular flexibility index (Phi) is 2.88. The molecule has 2 aromatic rings. The molecular formula is C11H12BrN3. The molecule has 0 spiro atoms. The molecule has 1 aromatic heterocycles. The summed E-state index contributed by atoms with van der Waals surface area (Å²) in [6.07, 6.45) is 1.77. The van der Waals surface area contributed by atoms with Crippen molar-refractivity contribution in [1.82, 2.24) is 9.78 Å². The van der Waals surface area contributed by atoms with Crippen LogP contribution in [-0.2, 0) is 6.54 Å². The van der Waals surface area contributed by atoms with Gasteiger partial charge in [0.1, 0.15) is 0 Å². The second-order valence-corrected chi connectivity index (χ2v) is 4.25. The van der Waals surface area contributed by atoms with Crippen LogP contribution in [0.5, 0.6) is 0 Å². The number of aryl methyl sites for hydroxylation is 1. The SMILES string of the molecule is Cc1ccc(-n2ncc(Br)c2CN)cc1. The first-order valence-corrected chi connectivity index (χ1v) is 5.51. The van der Waals surface area contributed by atoms with Gasteiger partial charge in [-0.1, -0.05) is 17.7 Å². The number of rotatable bonds is 2. The van der Waals surface area contributed by atoms with Crippen LogP contribution < -0.4 is 5.73 Å². The van der Waals surface area contributed by atoms with Crippen molar-refractivity contribution in [2.24, 2.45) is 5.73 Å². The van der Waals surface area contributed by atoms with E-state index in [0.717, 1.165) is 15.9 Å². The summed E-state index contributed by atoms with van der Waals surface area (Å²) in [4.78, 5) is 0. The van der Waals surface area contributed by atoms with Gasteiger partial charge in [-0.2, -0.15) is 5.10 Å². The Morgan fingerprint density at radius 1 is 1.33 bits per heavy atom. The van der Waals surface area contributed by atoms with E-state index in [1.165, 1.54) is 5.56 Å². The first-order chi connectivity index (χ1) is 7.22. The first kappa shape index (κ1) is 10.4. The largest absolute Gasteiger partial charge is 0.325 e. The lowest BCUT2D eigenvalue weighted by atomic mass is 10.2. The van der Waals surface area contributed by atoms with Crippen LogP contribution >= 0.6 is 15.9 Å². The fourth-order valence-corrected chi connectivity index (χ4v) is 1.87. The molecule has 1 aromatic carbocycles. The van der Waals surface area contributed by atoms with E-state index in [9.17, 15) is 0 Å². The molecule has 0 radical (unpaired) electrons. The highest BCUT2D eigenvalue weighted by Gasteiger charge is 2.07. The molecule has 0 aliphatic rings. The van der Waals surface area contributed by atoms with Crippen molar-refractivity contribution in [2.45, 2.75) is 13.5 Å². The summed E-state index contributed by atoms with van der Waals surface area (Å²) in [5.41, 5.74) is 8.93. The number of hydrogen-bond donors (Lipinski definition) is 1. The summed E-state index contributed by atoms with van der Waals surface area (Å²) in [5, 5.41) is 4.28. The van der Waals surface area contributed by atoms with Gasteiger partial charge in [0.2, 0.25) is 0 Å². The molecule has 0 amide bonds. The topological polar surface area (TPSA) is 43.8 Å². The van der Waals surface area contributed by atoms with Gasteiger partial charge in [0.05, 0.1) is 22.1 Å². The minimum Gasteiger partial charge on any atom is -0.325 e. The minimum absolute atomic E-state index is 0.467. The molecule has 2 rings (SSSR count). The molecule has 0 aliphatic carbocycles. The minimum atomic E-state index is 0.467. The van der Waals surface area contributed by atoms with Crippen molar-refractivity contribution in [2.75, 3.05) is 0 Å². The summed E-state index contributed by atoms with van der Waals surface area (Å²) < 4.78 is 2.80. The van der Waals surface area contributed by atoms with Crippen LogP contribution in [0.3, 0.4) is 0 Å². The lowest BCUT2D eigenvalue weighted by Gasteiger charge is -2.06. The Hall–Kier alpha value is -1.13. The van der Waals surface area contributed by atoms with Gasteiger partial charge in [0, 0.05) is 6.54 Å². The molecule has 3 nitrogen and oxygen atoms in total. The Bertz CT molecular complexity index is 459. The molecule has 78 valence electrons. The second kappa shape index (κ2) is 4.16. The molecule has 0 aliphatic heterocycles. The lowest BCUT2D eigenvalue weighted by Crippen LogP contribution is -2.07. The average Bonchev–Trinajstić information content (AvgIpc) is 2.61. The van der Waals surface area contributed by atoms with Crippen molar-refractivity contribution in [1.29, 1.82) is 0 Å². The van der Waals surface area contributed by atoms with Gasteiger partial charge in [-0.3, -0.25) is 0 Å². The van der Waals surface area contributed by atoms with Gasteiger partial charge in [0.25, 0.3) is 0 Å². The normalized spacial score (nSPS) is 10.6. The average molecular weight is 266 g/mol. The lowest BCUT2D eigenvalue weighted by molar-refractivity contribution is 0.802. The molecule has 0 saturated heterocycles. The number of benzene rings is 1. The maximum absolute atomic E-state index is 5.67. The first-order valence-electron chi connectivity index (χ1n) is 4.72. The van der Waals surface area contributed by atoms with E-state index in [-0.39, 0.29) is 0 Å². The fraction of sp³-hybridized carbons (Fsp3) is 0.182. The van der Waals surface area contributed by atoms with E-state index in [4.69, 9.17) is 5.73 Å². The molecule has 0 unspecified atom stereocenters. The number of nitrogens with two attached hydrogens (primary N) is 1. The zero-order chi connectivity index (χ0) is 10.8. The number of nitrogens with zero attached hydrogens (tertiary/aromatic N) is 2. The maximum atomic E-state index is 5.67. The van der Waals surface area contributed by atoms with Crippen molar-refractivity contribution < 1.29 is 0 Å². The van der Waals surface area contributed by atoms with Gasteiger partial charge in [-0.05, 0) is 35.0 Å². The predicted octanol–water partition coefficient (Wildman–Crippen LogP) is 2.40. The number of halogens is 1. The van der Waals surface area contributed by atoms with Crippen LogP contribution in [0.15, 0.2) is 34.9 Å². The van der Waals surface area contributed by atoms with E-state index in [2.05, 4.69) is 40.1 Å². The van der Waals surface area contributed by atoms with Crippen LogP contribution in [0.1, 0.15) is 11.3 Å². The van der Waals surface area contributed by atoms with E-state index < -0.39 is 0 Å². The third-order valence-corrected chi connectivity index (χ3v) is 2.95. The van der Waals surface area contributed by atoms with Gasteiger partial charge in [-0.15, -0.1) is 0 Å². The van der Waals surface area contributed by atoms with Crippen LogP contribution in [0.4, 0.5) is 0 Å². The summed E-state index contributed by atoms with van der Waals surface area (Å²) in [6.45, 7) is 2.53. The third kappa shape index (κ3) is 1.96. The molecule has 0 fully saturated rings. The second-order valence-electron chi connectivity index (χ2n) is 3.39. The molecule has 4 heteroatoms. The summed E-state index contributed by atoms with van der Waals surface area (Å²) in [6, 6.07) is 8.19. The van der Waals surface area contributed by atoms with Crippen LogP contribution in [-0.4, -0.2) is 9.78 Å². The Morgan fingerprint density at radius 3 is 2.60 bits per heavy atom. The van der Waals surface area contributed by atoms with E-state index >= 15 is 0 Å². The van der Waals surface area contributed by atoms with E-state index in [1.807, 2.05) is 16.8 Å². The smallest absolute Gasteiger partial charge is 0.0720 e. The van der Waals surface area contributed by atoms with Crippen molar-refractivity contribution >= 4 is 15.9 Å². The Morgan fingerprint density at radius 2 is 2.00 bits per heavy atom. The molecule has 0 atom stereocenters. The van der Waals surface area contributed by atoms with Crippen molar-refractivity contribution in [3.05, 3.63) is 46.2 Å². The number of hydrogen-bond acceptors (Lipinski definition) is 2. The van der Waals surface area contributed by atoms with Crippen LogP contribution in [0, 0.1) is 6.92 Å². The van der Waals surface area contributed by atoms with Gasteiger partial charge in [0.15, 0.2) is 0 Å². The zero-order valence-electron chi connectivity index (χ0n) is 8.44. The summed E-state index contributed by atoms with van der Waals surface area (Å²) in [7, 11) is 0. The van der Waals surface area contributed by atoms with Crippen LogP contribution in [0.2, 0.25) is 0 Å². The quantitative estimate of drug-likeness (QED) is 0.907. The highest BCUT2D eigenvalue weighted by Crippen LogP contribution is 2.19. The van der Waals surface area contributed by atoms with Crippen LogP contribution in [0.25, 0.3) is 5.69 Å². The van der Waals surface area contributed by atoms with E-state index in [1.54, 1.807) is 6.20 Å². The monoisotopic (exact) mass is 265 g/mol. The third-order valence-electron chi connectivity index (χ3n) is 2.29. The fourth-order valence-electron chi connectivity index (χ4n) is 1.45. The van der Waals surface area contributed by atoms with Gasteiger partial charge < -0.3 is 5.73 Å². The highest BCUT2D eigenvalue weighted by molar-refractivity contribution is 9.10. The molecule has 0 bridgehead atoms. The maximum Gasteiger partial charge on any atom is 0.0720 e. The number of aromatic nitrogens is 2. The van der Waals surface area contributed by atoms with Gasteiger partial charge in [-0.25, -0.2) is 4.68 Å². The summed E-state index contributed by atoms with van der Waals surface area (Å²) in [5.74, 6) is 0.